The zero-order chi connectivity index (χ0) is 19.7. The fourth-order valence-corrected chi connectivity index (χ4v) is 3.33. The molecule has 0 radical (unpaired) electrons. The van der Waals surface area contributed by atoms with Crippen LogP contribution in [-0.2, 0) is 4.79 Å². The van der Waals surface area contributed by atoms with Gasteiger partial charge in [0.25, 0.3) is 5.91 Å². The third-order valence-corrected chi connectivity index (χ3v) is 4.83. The summed E-state index contributed by atoms with van der Waals surface area (Å²) < 4.78 is 5.82. The van der Waals surface area contributed by atoms with Gasteiger partial charge in [0.1, 0.15) is 11.5 Å². The lowest BCUT2D eigenvalue weighted by molar-refractivity contribution is -0.115. The molecular formula is C21H15ClN2O3S. The molecule has 0 saturated carbocycles. The topological polar surface area (TPSA) is 65.7 Å². The summed E-state index contributed by atoms with van der Waals surface area (Å²) in [7, 11) is 0. The fraction of sp³-hybridized carbons (Fsp3) is 0.0476. The first-order chi connectivity index (χ1) is 13.5. The Labute approximate surface area is 171 Å². The van der Waals surface area contributed by atoms with Gasteiger partial charge >= 0.3 is 0 Å². The maximum absolute atomic E-state index is 13.0. The van der Waals surface area contributed by atoms with Gasteiger partial charge in [-0.15, -0.1) is 0 Å². The van der Waals surface area contributed by atoms with Crippen molar-refractivity contribution in [2.75, 3.05) is 4.90 Å². The second kappa shape index (κ2) is 7.59. The molecule has 1 unspecified atom stereocenters. The summed E-state index contributed by atoms with van der Waals surface area (Å²) in [6.45, 7) is 0. The van der Waals surface area contributed by atoms with E-state index in [4.69, 9.17) is 28.2 Å². The predicted molar refractivity (Wildman–Crippen MR) is 113 cm³/mol. The van der Waals surface area contributed by atoms with Crippen LogP contribution in [-0.4, -0.2) is 22.4 Å². The second-order valence-corrected chi connectivity index (χ2v) is 6.96. The number of nitrogens with one attached hydrogen (secondary N) is 1. The standard InChI is InChI=1S/C21H15ClN2O3S/c22-14-6-8-15(9-7-14)24-20(26)17(19(25)23-21(24)28)12-16-10-11-18(27-16)13-4-2-1-3-5-13/h1-12,19,25H,(H,23,28). The SMILES string of the molecule is O=C1C(=Cc2ccc(-c3ccccc3)o2)C(O)NC(=S)N1c1ccc(Cl)cc1. The summed E-state index contributed by atoms with van der Waals surface area (Å²) in [5, 5.41) is 13.7. The van der Waals surface area contributed by atoms with Crippen LogP contribution in [0.25, 0.3) is 17.4 Å². The fourth-order valence-electron chi connectivity index (χ4n) is 2.90. The van der Waals surface area contributed by atoms with Crippen LogP contribution in [0.2, 0.25) is 5.02 Å². The van der Waals surface area contributed by atoms with E-state index >= 15 is 0 Å². The van der Waals surface area contributed by atoms with Crippen molar-refractivity contribution < 1.29 is 14.3 Å². The number of hydrogen-bond acceptors (Lipinski definition) is 4. The molecule has 5 nitrogen and oxygen atoms in total. The highest BCUT2D eigenvalue weighted by atomic mass is 35.5. The molecule has 1 amide bonds. The molecule has 28 heavy (non-hydrogen) atoms. The number of furan rings is 1. The second-order valence-electron chi connectivity index (χ2n) is 6.14. The number of hydrogen-bond donors (Lipinski definition) is 2. The van der Waals surface area contributed by atoms with Crippen LogP contribution in [0.15, 0.2) is 76.7 Å². The average molecular weight is 411 g/mol. The smallest absolute Gasteiger partial charge is 0.265 e. The number of nitrogens with zero attached hydrogens (tertiary/aromatic N) is 1. The molecule has 2 N–H and O–H groups in total. The molecule has 0 bridgehead atoms. The molecule has 4 rings (SSSR count). The Balaban J connectivity index is 1.66. The molecule has 140 valence electrons. The van der Waals surface area contributed by atoms with Crippen molar-refractivity contribution in [3.8, 4) is 11.3 Å². The van der Waals surface area contributed by atoms with Gasteiger partial charge in [-0.05, 0) is 54.7 Å². The summed E-state index contributed by atoms with van der Waals surface area (Å²) >= 11 is 11.2. The summed E-state index contributed by atoms with van der Waals surface area (Å²) in [6.07, 6.45) is 0.283. The highest BCUT2D eigenvalue weighted by molar-refractivity contribution is 7.80. The Kier molecular flexibility index (Phi) is 5.00. The first-order valence-corrected chi connectivity index (χ1v) is 9.27. The van der Waals surface area contributed by atoms with Gasteiger partial charge < -0.3 is 14.8 Å². The van der Waals surface area contributed by atoms with Crippen LogP contribution >= 0.6 is 23.8 Å². The number of rotatable bonds is 3. The molecule has 7 heteroatoms. The zero-order valence-electron chi connectivity index (χ0n) is 14.5. The Morgan fingerprint density at radius 3 is 2.50 bits per heavy atom. The highest BCUT2D eigenvalue weighted by Crippen LogP contribution is 2.27. The summed E-state index contributed by atoms with van der Waals surface area (Å²) in [5.74, 6) is 0.686. The number of aliphatic hydroxyl groups excluding tert-OH is 1. The summed E-state index contributed by atoms with van der Waals surface area (Å²) in [6, 6.07) is 19.9. The minimum absolute atomic E-state index is 0.112. The van der Waals surface area contributed by atoms with Crippen molar-refractivity contribution in [2.45, 2.75) is 6.23 Å². The Morgan fingerprint density at radius 1 is 1.07 bits per heavy atom. The lowest BCUT2D eigenvalue weighted by atomic mass is 10.1. The van der Waals surface area contributed by atoms with Crippen molar-refractivity contribution in [1.29, 1.82) is 0 Å². The molecule has 1 aromatic heterocycles. The van der Waals surface area contributed by atoms with Crippen LogP contribution in [0.3, 0.4) is 0 Å². The number of halogens is 1. The van der Waals surface area contributed by atoms with Gasteiger partial charge in [0.2, 0.25) is 0 Å². The van der Waals surface area contributed by atoms with E-state index in [9.17, 15) is 9.90 Å². The first kappa shape index (κ1) is 18.4. The van der Waals surface area contributed by atoms with Gasteiger partial charge in [-0.1, -0.05) is 41.9 Å². The van der Waals surface area contributed by atoms with Crippen LogP contribution in [0, 0.1) is 0 Å². The summed E-state index contributed by atoms with van der Waals surface area (Å²) in [4.78, 5) is 14.3. The molecule has 1 aliphatic heterocycles. The minimum Gasteiger partial charge on any atom is -0.457 e. The van der Waals surface area contributed by atoms with E-state index in [1.807, 2.05) is 36.4 Å². The van der Waals surface area contributed by atoms with Gasteiger partial charge in [0.15, 0.2) is 11.3 Å². The van der Waals surface area contributed by atoms with Crippen molar-refractivity contribution in [3.63, 3.8) is 0 Å². The van der Waals surface area contributed by atoms with Gasteiger partial charge in [-0.3, -0.25) is 9.69 Å². The maximum Gasteiger partial charge on any atom is 0.265 e. The largest absolute Gasteiger partial charge is 0.457 e. The van der Waals surface area contributed by atoms with Gasteiger partial charge in [-0.25, -0.2) is 0 Å². The highest BCUT2D eigenvalue weighted by Gasteiger charge is 2.34. The monoisotopic (exact) mass is 410 g/mol. The number of thiocarbonyl (C=S) groups is 1. The minimum atomic E-state index is -1.23. The molecule has 3 aromatic rings. The normalized spacial score (nSPS) is 18.4. The molecule has 0 spiro atoms. The van der Waals surface area contributed by atoms with Gasteiger partial charge in [0.05, 0.1) is 11.3 Å². The van der Waals surface area contributed by atoms with E-state index in [0.29, 0.717) is 22.2 Å². The molecular weight excluding hydrogens is 396 g/mol. The number of carbonyl (C=O) groups is 1. The van der Waals surface area contributed by atoms with Gasteiger partial charge in [0, 0.05) is 10.6 Å². The third-order valence-electron chi connectivity index (χ3n) is 4.28. The molecule has 2 aromatic carbocycles. The summed E-state index contributed by atoms with van der Waals surface area (Å²) in [5.41, 5.74) is 1.59. The van der Waals surface area contributed by atoms with E-state index < -0.39 is 12.1 Å². The molecule has 1 fully saturated rings. The molecule has 1 aliphatic rings. The lowest BCUT2D eigenvalue weighted by Gasteiger charge is -2.33. The predicted octanol–water partition coefficient (Wildman–Crippen LogP) is 4.22. The van der Waals surface area contributed by atoms with Crippen LogP contribution < -0.4 is 10.2 Å². The average Bonchev–Trinajstić information content (AvgIpc) is 3.16. The molecule has 0 aliphatic carbocycles. The van der Waals surface area contributed by atoms with Crippen LogP contribution in [0.5, 0.6) is 0 Å². The maximum atomic E-state index is 13.0. The number of aliphatic hydroxyl groups is 1. The Hall–Kier alpha value is -2.93. The van der Waals surface area contributed by atoms with E-state index in [-0.39, 0.29) is 10.7 Å². The van der Waals surface area contributed by atoms with Crippen molar-refractivity contribution in [1.82, 2.24) is 5.32 Å². The third kappa shape index (κ3) is 3.57. The van der Waals surface area contributed by atoms with Gasteiger partial charge in [-0.2, -0.15) is 0 Å². The van der Waals surface area contributed by atoms with Crippen LogP contribution in [0.4, 0.5) is 5.69 Å². The number of carbonyl (C=O) groups excluding carboxylic acids is 1. The number of benzene rings is 2. The van der Waals surface area contributed by atoms with Crippen molar-refractivity contribution in [3.05, 3.63) is 83.1 Å². The number of anilines is 1. The zero-order valence-corrected chi connectivity index (χ0v) is 16.1. The lowest BCUT2D eigenvalue weighted by Crippen LogP contribution is -2.56. The van der Waals surface area contributed by atoms with E-state index in [0.717, 1.165) is 5.56 Å². The molecule has 1 saturated heterocycles. The molecule has 2 heterocycles. The van der Waals surface area contributed by atoms with Crippen molar-refractivity contribution >= 4 is 46.6 Å². The van der Waals surface area contributed by atoms with E-state index in [1.54, 1.807) is 30.3 Å². The first-order valence-electron chi connectivity index (χ1n) is 8.48. The quantitative estimate of drug-likeness (QED) is 0.500. The Bertz CT molecular complexity index is 1060. The molecule has 1 atom stereocenters. The van der Waals surface area contributed by atoms with Crippen LogP contribution in [0.1, 0.15) is 5.76 Å². The number of amides is 1. The Morgan fingerprint density at radius 2 is 1.79 bits per heavy atom. The van der Waals surface area contributed by atoms with Crippen molar-refractivity contribution in [2.24, 2.45) is 0 Å². The van der Waals surface area contributed by atoms with E-state index in [1.165, 1.54) is 11.0 Å². The van der Waals surface area contributed by atoms with E-state index in [2.05, 4.69) is 5.32 Å².